The zero-order valence-corrected chi connectivity index (χ0v) is 12.8. The van der Waals surface area contributed by atoms with E-state index in [0.29, 0.717) is 18.7 Å². The molecule has 0 atom stereocenters. The molecule has 0 unspecified atom stereocenters. The number of nitrogen functional groups attached to an aromatic ring is 1. The highest BCUT2D eigenvalue weighted by molar-refractivity contribution is 7.89. The van der Waals surface area contributed by atoms with Crippen molar-refractivity contribution in [2.75, 3.05) is 18.8 Å². The van der Waals surface area contributed by atoms with Crippen molar-refractivity contribution >= 4 is 27.3 Å². The maximum atomic E-state index is 12.5. The van der Waals surface area contributed by atoms with Crippen LogP contribution in [0.15, 0.2) is 29.7 Å². The summed E-state index contributed by atoms with van der Waals surface area (Å²) in [5.41, 5.74) is 6.95. The summed E-state index contributed by atoms with van der Waals surface area (Å²) in [5, 5.41) is 0.192. The van der Waals surface area contributed by atoms with Gasteiger partial charge in [0, 0.05) is 18.8 Å². The molecule has 0 aliphatic rings. The summed E-state index contributed by atoms with van der Waals surface area (Å²) in [7, 11) is -3.65. The zero-order valence-electron chi connectivity index (χ0n) is 11.2. The maximum absolute atomic E-state index is 12.5. The van der Waals surface area contributed by atoms with Gasteiger partial charge in [0.2, 0.25) is 10.0 Å². The molecule has 1 aromatic rings. The molecule has 0 bridgehead atoms. The van der Waals surface area contributed by atoms with Gasteiger partial charge in [-0.05, 0) is 31.0 Å². The summed E-state index contributed by atoms with van der Waals surface area (Å²) in [4.78, 5) is 0.0487. The monoisotopic (exact) mass is 302 g/mol. The minimum atomic E-state index is -3.65. The van der Waals surface area contributed by atoms with Crippen LogP contribution in [0, 0.1) is 6.92 Å². The molecule has 0 radical (unpaired) electrons. The van der Waals surface area contributed by atoms with Gasteiger partial charge in [0.15, 0.2) is 0 Å². The van der Waals surface area contributed by atoms with Gasteiger partial charge in [-0.3, -0.25) is 0 Å². The summed E-state index contributed by atoms with van der Waals surface area (Å²) in [6.07, 6.45) is 2.27. The van der Waals surface area contributed by atoms with Crippen LogP contribution in [0.5, 0.6) is 0 Å². The largest absolute Gasteiger partial charge is 0.398 e. The molecule has 0 saturated carbocycles. The van der Waals surface area contributed by atoms with Crippen molar-refractivity contribution in [2.24, 2.45) is 0 Å². The third-order valence-electron chi connectivity index (χ3n) is 2.74. The van der Waals surface area contributed by atoms with E-state index in [0.717, 1.165) is 5.56 Å². The molecule has 0 aromatic heterocycles. The highest BCUT2D eigenvalue weighted by Crippen LogP contribution is 2.29. The molecule has 2 N–H and O–H groups in total. The minimum Gasteiger partial charge on any atom is -0.398 e. The average Bonchev–Trinajstić information content (AvgIpc) is 2.33. The molecule has 19 heavy (non-hydrogen) atoms. The average molecular weight is 303 g/mol. The van der Waals surface area contributed by atoms with Crippen molar-refractivity contribution in [3.8, 4) is 0 Å². The first-order valence-electron chi connectivity index (χ1n) is 6.01. The highest BCUT2D eigenvalue weighted by Gasteiger charge is 2.25. The van der Waals surface area contributed by atoms with Gasteiger partial charge in [0.25, 0.3) is 0 Å². The lowest BCUT2D eigenvalue weighted by Crippen LogP contribution is -2.32. The predicted molar refractivity (Wildman–Crippen MR) is 79.8 cm³/mol. The van der Waals surface area contributed by atoms with Gasteiger partial charge in [-0.15, -0.1) is 6.58 Å². The Bertz CT molecular complexity index is 570. The van der Waals surface area contributed by atoms with E-state index in [9.17, 15) is 8.42 Å². The quantitative estimate of drug-likeness (QED) is 0.649. The standard InChI is InChI=1S/C13H19ClN2O2S/c1-4-6-16(7-5-2)19(17,18)13-9-12(15)10(3)8-11(13)14/h4,8-9H,1,5-7,15H2,2-3H3. The molecule has 0 heterocycles. The number of hydrogen-bond donors (Lipinski definition) is 1. The summed E-state index contributed by atoms with van der Waals surface area (Å²) in [5.74, 6) is 0. The zero-order chi connectivity index (χ0) is 14.6. The Labute approximate surface area is 119 Å². The Balaban J connectivity index is 3.32. The van der Waals surface area contributed by atoms with Crippen LogP contribution in [0.3, 0.4) is 0 Å². The SMILES string of the molecule is C=CCN(CCC)S(=O)(=O)c1cc(N)c(C)cc1Cl. The number of nitrogens with zero attached hydrogens (tertiary/aromatic N) is 1. The molecule has 106 valence electrons. The Morgan fingerprint density at radius 3 is 2.63 bits per heavy atom. The number of nitrogens with two attached hydrogens (primary N) is 1. The minimum absolute atomic E-state index is 0.0487. The normalized spacial score (nSPS) is 11.8. The number of sulfonamides is 1. The van der Waals surface area contributed by atoms with Crippen LogP contribution in [-0.2, 0) is 10.0 Å². The van der Waals surface area contributed by atoms with Crippen molar-refractivity contribution in [1.82, 2.24) is 4.31 Å². The fourth-order valence-electron chi connectivity index (χ4n) is 1.71. The fourth-order valence-corrected chi connectivity index (χ4v) is 3.80. The Morgan fingerprint density at radius 2 is 2.11 bits per heavy atom. The van der Waals surface area contributed by atoms with Gasteiger partial charge >= 0.3 is 0 Å². The second-order valence-electron chi connectivity index (χ2n) is 4.29. The molecular formula is C13H19ClN2O2S. The van der Waals surface area contributed by atoms with Crippen LogP contribution >= 0.6 is 11.6 Å². The molecule has 1 aromatic carbocycles. The van der Waals surface area contributed by atoms with Crippen molar-refractivity contribution in [2.45, 2.75) is 25.2 Å². The number of hydrogen-bond acceptors (Lipinski definition) is 3. The highest BCUT2D eigenvalue weighted by atomic mass is 35.5. The molecule has 0 aliphatic heterocycles. The van der Waals surface area contributed by atoms with Gasteiger partial charge in [0.05, 0.1) is 5.02 Å². The third-order valence-corrected chi connectivity index (χ3v) is 5.07. The molecular weight excluding hydrogens is 284 g/mol. The van der Waals surface area contributed by atoms with Crippen LogP contribution in [0.25, 0.3) is 0 Å². The van der Waals surface area contributed by atoms with E-state index in [1.54, 1.807) is 19.1 Å². The van der Waals surface area contributed by atoms with E-state index in [4.69, 9.17) is 17.3 Å². The van der Waals surface area contributed by atoms with Gasteiger partial charge in [-0.2, -0.15) is 4.31 Å². The van der Waals surface area contributed by atoms with Crippen LogP contribution in [0.2, 0.25) is 5.02 Å². The van der Waals surface area contributed by atoms with Crippen LogP contribution in [0.4, 0.5) is 5.69 Å². The van der Waals surface area contributed by atoms with E-state index >= 15 is 0 Å². The summed E-state index contributed by atoms with van der Waals surface area (Å²) in [6, 6.07) is 2.99. The molecule has 0 aliphatic carbocycles. The van der Waals surface area contributed by atoms with E-state index in [1.807, 2.05) is 6.92 Å². The van der Waals surface area contributed by atoms with Crippen LogP contribution in [0.1, 0.15) is 18.9 Å². The molecule has 0 amide bonds. The second-order valence-corrected chi connectivity index (χ2v) is 6.60. The van der Waals surface area contributed by atoms with E-state index < -0.39 is 10.0 Å². The van der Waals surface area contributed by atoms with Gasteiger partial charge in [-0.1, -0.05) is 24.6 Å². The molecule has 6 heteroatoms. The number of aryl methyl sites for hydroxylation is 1. The second kappa shape index (κ2) is 6.41. The molecule has 0 fully saturated rings. The first kappa shape index (κ1) is 16.0. The van der Waals surface area contributed by atoms with Crippen molar-refractivity contribution in [1.29, 1.82) is 0 Å². The van der Waals surface area contributed by atoms with Gasteiger partial charge < -0.3 is 5.73 Å². The number of benzene rings is 1. The summed E-state index contributed by atoms with van der Waals surface area (Å²) >= 11 is 6.04. The summed E-state index contributed by atoms with van der Waals surface area (Å²) < 4.78 is 26.4. The lowest BCUT2D eigenvalue weighted by molar-refractivity contribution is 0.441. The first-order valence-corrected chi connectivity index (χ1v) is 7.83. The van der Waals surface area contributed by atoms with Crippen molar-refractivity contribution < 1.29 is 8.42 Å². The number of rotatable bonds is 6. The van der Waals surface area contributed by atoms with E-state index in [-0.39, 0.29) is 16.5 Å². The molecule has 0 spiro atoms. The van der Waals surface area contributed by atoms with Crippen LogP contribution < -0.4 is 5.73 Å². The smallest absolute Gasteiger partial charge is 0.244 e. The number of anilines is 1. The van der Waals surface area contributed by atoms with Gasteiger partial charge in [0.1, 0.15) is 4.90 Å². The van der Waals surface area contributed by atoms with Gasteiger partial charge in [-0.25, -0.2) is 8.42 Å². The van der Waals surface area contributed by atoms with Crippen LogP contribution in [-0.4, -0.2) is 25.8 Å². The maximum Gasteiger partial charge on any atom is 0.244 e. The lowest BCUT2D eigenvalue weighted by atomic mass is 10.2. The van der Waals surface area contributed by atoms with Crippen molar-refractivity contribution in [3.63, 3.8) is 0 Å². The summed E-state index contributed by atoms with van der Waals surface area (Å²) in [6.45, 7) is 7.94. The number of halogens is 1. The fraction of sp³-hybridized carbons (Fsp3) is 0.385. The van der Waals surface area contributed by atoms with Crippen molar-refractivity contribution in [3.05, 3.63) is 35.4 Å². The Kier molecular flexibility index (Phi) is 5.40. The third kappa shape index (κ3) is 3.49. The van der Waals surface area contributed by atoms with E-state index in [2.05, 4.69) is 6.58 Å². The first-order chi connectivity index (χ1) is 8.84. The molecule has 4 nitrogen and oxygen atoms in total. The topological polar surface area (TPSA) is 63.4 Å². The lowest BCUT2D eigenvalue weighted by Gasteiger charge is -2.21. The molecule has 1 rings (SSSR count). The van der Waals surface area contributed by atoms with E-state index in [1.165, 1.54) is 10.4 Å². The Morgan fingerprint density at radius 1 is 1.47 bits per heavy atom. The molecule has 0 saturated heterocycles. The predicted octanol–water partition coefficient (Wildman–Crippen LogP) is 2.82. The Hall–Kier alpha value is -1.04.